The fraction of sp³-hybridized carbons (Fsp3) is 0.222. The van der Waals surface area contributed by atoms with E-state index in [4.69, 9.17) is 16.6 Å². The summed E-state index contributed by atoms with van der Waals surface area (Å²) in [6.07, 6.45) is 0.760. The van der Waals surface area contributed by atoms with Crippen molar-refractivity contribution in [2.75, 3.05) is 6.54 Å². The van der Waals surface area contributed by atoms with Crippen molar-refractivity contribution < 1.29 is 18.0 Å². The Hall–Kier alpha value is -4.22. The Morgan fingerprint density at radius 2 is 1.37 bits per heavy atom. The zero-order valence-electron chi connectivity index (χ0n) is 20.8. The molecule has 3 aromatic rings. The highest BCUT2D eigenvalue weighted by atomic mass is 32.2. The number of benzene rings is 3. The van der Waals surface area contributed by atoms with Gasteiger partial charge in [-0.25, -0.2) is 13.6 Å². The van der Waals surface area contributed by atoms with E-state index in [0.717, 1.165) is 11.1 Å². The minimum Gasteiger partial charge on any atom is -0.370 e. The third kappa shape index (κ3) is 8.43. The molecule has 2 amide bonds. The van der Waals surface area contributed by atoms with Crippen molar-refractivity contribution in [3.05, 3.63) is 102 Å². The number of nitrogens with two attached hydrogens (primary N) is 3. The maximum atomic E-state index is 13.6. The lowest BCUT2D eigenvalue weighted by Crippen LogP contribution is -2.48. The fourth-order valence-electron chi connectivity index (χ4n) is 3.92. The van der Waals surface area contributed by atoms with Crippen molar-refractivity contribution in [1.29, 1.82) is 0 Å². The summed E-state index contributed by atoms with van der Waals surface area (Å²) in [5, 5.41) is 10.9. The highest BCUT2D eigenvalue weighted by Gasteiger charge is 2.27. The van der Waals surface area contributed by atoms with Gasteiger partial charge in [0.2, 0.25) is 21.8 Å². The zero-order chi connectivity index (χ0) is 27.5. The predicted octanol–water partition coefficient (Wildman–Crippen LogP) is 1.32. The normalized spacial score (nSPS) is 11.9. The number of hydrogen-bond acceptors (Lipinski definition) is 5. The van der Waals surface area contributed by atoms with Gasteiger partial charge < -0.3 is 22.1 Å². The zero-order valence-corrected chi connectivity index (χ0v) is 21.6. The van der Waals surface area contributed by atoms with Crippen LogP contribution in [-0.2, 0) is 26.2 Å². The molecule has 0 unspecified atom stereocenters. The summed E-state index contributed by atoms with van der Waals surface area (Å²) < 4.78 is 22.9. The van der Waals surface area contributed by atoms with Crippen molar-refractivity contribution in [2.24, 2.45) is 21.6 Å². The Morgan fingerprint density at radius 1 is 0.816 bits per heavy atom. The van der Waals surface area contributed by atoms with E-state index in [-0.39, 0.29) is 23.3 Å². The average molecular weight is 537 g/mol. The number of guanidine groups is 1. The summed E-state index contributed by atoms with van der Waals surface area (Å²) in [6, 6.07) is 23.7. The first-order valence-electron chi connectivity index (χ1n) is 12.0. The Morgan fingerprint density at radius 3 is 1.87 bits per heavy atom. The molecule has 0 aliphatic carbocycles. The second kappa shape index (κ2) is 13.4. The molecule has 0 saturated carbocycles. The molecule has 200 valence electrons. The Labute approximate surface area is 222 Å². The Bertz CT molecular complexity index is 1300. The summed E-state index contributed by atoms with van der Waals surface area (Å²) in [5.74, 6) is -1.37. The number of primary sulfonamides is 1. The molecule has 0 radical (unpaired) electrons. The molecule has 0 fully saturated rings. The summed E-state index contributed by atoms with van der Waals surface area (Å²) in [7, 11) is -3.81. The summed E-state index contributed by atoms with van der Waals surface area (Å²) in [5.41, 5.74) is 13.1. The van der Waals surface area contributed by atoms with E-state index < -0.39 is 27.9 Å². The molecule has 11 heteroatoms. The van der Waals surface area contributed by atoms with Crippen LogP contribution in [0.3, 0.4) is 0 Å². The maximum absolute atomic E-state index is 13.6. The van der Waals surface area contributed by atoms with Crippen LogP contribution in [0.2, 0.25) is 0 Å². The molecule has 1 atom stereocenters. The van der Waals surface area contributed by atoms with Crippen molar-refractivity contribution in [3.63, 3.8) is 0 Å². The molecule has 0 bridgehead atoms. The van der Waals surface area contributed by atoms with Gasteiger partial charge in [-0.15, -0.1) is 0 Å². The van der Waals surface area contributed by atoms with E-state index in [9.17, 15) is 18.0 Å². The quantitative estimate of drug-likeness (QED) is 0.132. The van der Waals surface area contributed by atoms with Gasteiger partial charge in [0, 0.05) is 13.1 Å². The maximum Gasteiger partial charge on any atom is 0.242 e. The van der Waals surface area contributed by atoms with Gasteiger partial charge in [0.1, 0.15) is 6.04 Å². The van der Waals surface area contributed by atoms with Crippen LogP contribution in [0.5, 0.6) is 0 Å². The van der Waals surface area contributed by atoms with Crippen LogP contribution >= 0.6 is 0 Å². The molecule has 0 spiro atoms. The second-order valence-electron chi connectivity index (χ2n) is 8.67. The Kier molecular flexibility index (Phi) is 9.97. The number of nitrogens with zero attached hydrogens (tertiary/aromatic N) is 1. The molecule has 8 N–H and O–H groups in total. The molecule has 3 rings (SSSR count). The summed E-state index contributed by atoms with van der Waals surface area (Å²) in [4.78, 5) is 30.7. The van der Waals surface area contributed by atoms with Crippen LogP contribution in [0.15, 0.2) is 94.8 Å². The number of rotatable bonds is 12. The lowest BCUT2D eigenvalue weighted by Gasteiger charge is -2.23. The van der Waals surface area contributed by atoms with Crippen molar-refractivity contribution in [2.45, 2.75) is 36.2 Å². The first-order valence-corrected chi connectivity index (χ1v) is 13.5. The molecule has 0 aliphatic rings. The molecule has 0 aromatic heterocycles. The molecular weight excluding hydrogens is 504 g/mol. The van der Waals surface area contributed by atoms with Gasteiger partial charge in [0.15, 0.2) is 5.96 Å². The number of aliphatic imine (C=N–C) groups is 1. The van der Waals surface area contributed by atoms with E-state index in [1.165, 1.54) is 12.1 Å². The standard InChI is InChI=1S/C27H32N6O4S/c28-27(29)31-17-7-12-23(25(34)32-18-19-13-15-22(16-14-19)38(30,36)37)33-26(35)24(20-8-3-1-4-9-20)21-10-5-2-6-11-21/h1-6,8-11,13-16,23-24H,7,12,17-18H2,(H,32,34)(H,33,35)(H4,28,29,31)(H2,30,36,37)/t23-/m1/s1. The van der Waals surface area contributed by atoms with Gasteiger partial charge in [-0.3, -0.25) is 14.6 Å². The van der Waals surface area contributed by atoms with Gasteiger partial charge >= 0.3 is 0 Å². The number of carbonyl (C=O) groups excluding carboxylic acids is 2. The Balaban J connectivity index is 1.76. The largest absolute Gasteiger partial charge is 0.370 e. The highest BCUT2D eigenvalue weighted by molar-refractivity contribution is 7.89. The van der Waals surface area contributed by atoms with Crippen molar-refractivity contribution in [3.8, 4) is 0 Å². The third-order valence-corrected chi connectivity index (χ3v) is 6.75. The van der Waals surface area contributed by atoms with Crippen molar-refractivity contribution in [1.82, 2.24) is 10.6 Å². The van der Waals surface area contributed by atoms with E-state index >= 15 is 0 Å². The number of nitrogens with one attached hydrogen (secondary N) is 2. The van der Waals surface area contributed by atoms with Gasteiger partial charge in [-0.05, 0) is 41.7 Å². The number of hydrogen-bond donors (Lipinski definition) is 5. The molecular formula is C27H32N6O4S. The molecule has 0 aliphatic heterocycles. The number of carbonyl (C=O) groups is 2. The van der Waals surface area contributed by atoms with Crippen LogP contribution in [0.4, 0.5) is 0 Å². The van der Waals surface area contributed by atoms with Crippen LogP contribution < -0.4 is 27.2 Å². The minimum absolute atomic E-state index is 0.0229. The number of amides is 2. The average Bonchev–Trinajstić information content (AvgIpc) is 2.90. The monoisotopic (exact) mass is 536 g/mol. The highest BCUT2D eigenvalue weighted by Crippen LogP contribution is 2.25. The van der Waals surface area contributed by atoms with Crippen LogP contribution in [0, 0.1) is 0 Å². The summed E-state index contributed by atoms with van der Waals surface area (Å²) in [6.45, 7) is 0.433. The first-order chi connectivity index (χ1) is 18.1. The molecule has 3 aromatic carbocycles. The first kappa shape index (κ1) is 28.4. The molecule has 0 saturated heterocycles. The minimum atomic E-state index is -3.81. The van der Waals surface area contributed by atoms with E-state index in [2.05, 4.69) is 15.6 Å². The van der Waals surface area contributed by atoms with Crippen LogP contribution in [0.1, 0.15) is 35.4 Å². The number of sulfonamides is 1. The van der Waals surface area contributed by atoms with Gasteiger partial charge in [-0.1, -0.05) is 72.8 Å². The lowest BCUT2D eigenvalue weighted by atomic mass is 9.90. The topological polar surface area (TPSA) is 183 Å². The van der Waals surface area contributed by atoms with Gasteiger partial charge in [0.05, 0.1) is 10.8 Å². The van der Waals surface area contributed by atoms with E-state index in [1.54, 1.807) is 12.1 Å². The van der Waals surface area contributed by atoms with E-state index in [1.807, 2.05) is 60.7 Å². The smallest absolute Gasteiger partial charge is 0.242 e. The predicted molar refractivity (Wildman–Crippen MR) is 146 cm³/mol. The van der Waals surface area contributed by atoms with Crippen LogP contribution in [0.25, 0.3) is 0 Å². The SMILES string of the molecule is NC(N)=NCCC[C@@H](NC(=O)C(c1ccccc1)c1ccccc1)C(=O)NCc1ccc(S(N)(=O)=O)cc1. The van der Waals surface area contributed by atoms with Gasteiger partial charge in [-0.2, -0.15) is 0 Å². The van der Waals surface area contributed by atoms with Crippen LogP contribution in [-0.4, -0.2) is 38.8 Å². The molecule has 10 nitrogen and oxygen atoms in total. The van der Waals surface area contributed by atoms with E-state index in [0.29, 0.717) is 24.9 Å². The lowest BCUT2D eigenvalue weighted by molar-refractivity contribution is -0.129. The van der Waals surface area contributed by atoms with Crippen molar-refractivity contribution >= 4 is 27.8 Å². The second-order valence-corrected chi connectivity index (χ2v) is 10.2. The van der Waals surface area contributed by atoms with Gasteiger partial charge in [0.25, 0.3) is 0 Å². The molecule has 38 heavy (non-hydrogen) atoms. The molecule has 0 heterocycles. The fourth-order valence-corrected chi connectivity index (χ4v) is 4.44. The third-order valence-electron chi connectivity index (χ3n) is 5.82. The summed E-state index contributed by atoms with van der Waals surface area (Å²) >= 11 is 0.